The van der Waals surface area contributed by atoms with E-state index >= 15 is 0 Å². The fraction of sp³-hybridized carbons (Fsp3) is 0.405. The number of nitrogens with one attached hydrogen (secondary N) is 3. The smallest absolute Gasteiger partial charge is 0.311 e. The van der Waals surface area contributed by atoms with Crippen LogP contribution in [0.4, 0.5) is 17.1 Å². The number of anilines is 3. The van der Waals surface area contributed by atoms with Gasteiger partial charge in [0.25, 0.3) is 11.8 Å². The molecule has 0 spiro atoms. The molecule has 2 amide bonds. The largest absolute Gasteiger partial charge is 0.451 e. The van der Waals surface area contributed by atoms with Crippen molar-refractivity contribution < 1.29 is 23.5 Å². The first kappa shape index (κ1) is 35.6. The van der Waals surface area contributed by atoms with E-state index in [1.807, 2.05) is 42.5 Å². The van der Waals surface area contributed by atoms with E-state index in [9.17, 15) is 14.4 Å². The molecule has 272 valence electrons. The van der Waals surface area contributed by atoms with Gasteiger partial charge in [0.2, 0.25) is 0 Å². The molecule has 0 saturated carbocycles. The van der Waals surface area contributed by atoms with E-state index < -0.39 is 0 Å². The summed E-state index contributed by atoms with van der Waals surface area (Å²) in [5.41, 5.74) is 6.07. The highest BCUT2D eigenvalue weighted by Gasteiger charge is 2.40. The summed E-state index contributed by atoms with van der Waals surface area (Å²) in [5, 5.41) is 8.00. The summed E-state index contributed by atoms with van der Waals surface area (Å²) in [4.78, 5) is 45.3. The Morgan fingerprint density at radius 2 is 1.69 bits per heavy atom. The maximum atomic E-state index is 14.2. The first-order chi connectivity index (χ1) is 25.3. The number of H-pyrrole nitrogens is 1. The van der Waals surface area contributed by atoms with Gasteiger partial charge >= 0.3 is 5.97 Å². The lowest BCUT2D eigenvalue weighted by molar-refractivity contribution is -0.134. The molecule has 10 heteroatoms. The minimum atomic E-state index is -0.357. The van der Waals surface area contributed by atoms with Crippen LogP contribution in [0.15, 0.2) is 65.1 Å². The summed E-state index contributed by atoms with van der Waals surface area (Å²) in [5.74, 6) is 0.331. The van der Waals surface area contributed by atoms with Gasteiger partial charge < -0.3 is 29.7 Å². The highest BCUT2D eigenvalue weighted by atomic mass is 35.5. The van der Waals surface area contributed by atoms with Crippen LogP contribution in [0.1, 0.15) is 122 Å². The van der Waals surface area contributed by atoms with E-state index in [-0.39, 0.29) is 35.4 Å². The number of hydrogen-bond acceptors (Lipinski definition) is 6. The SMILES string of the molecule is CCCCCCCCCCCC(=O)Oc1cc2c(c3c1NCC3C)C(CCl)CN2C(=O)c1cc2cc(NC(=O)c3cc4ccccc4o3)ccc2[nH]1. The molecule has 5 aromatic rings. The minimum Gasteiger partial charge on any atom is -0.451 e. The summed E-state index contributed by atoms with van der Waals surface area (Å²) in [7, 11) is 0. The average molecular weight is 723 g/mol. The highest BCUT2D eigenvalue weighted by Crippen LogP contribution is 2.51. The summed E-state index contributed by atoms with van der Waals surface area (Å²) < 4.78 is 11.8. The Morgan fingerprint density at radius 3 is 2.46 bits per heavy atom. The van der Waals surface area contributed by atoms with E-state index in [1.54, 1.807) is 23.1 Å². The summed E-state index contributed by atoms with van der Waals surface area (Å²) >= 11 is 6.55. The zero-order chi connectivity index (χ0) is 36.2. The molecule has 2 atom stereocenters. The van der Waals surface area contributed by atoms with E-state index in [0.717, 1.165) is 64.6 Å². The first-order valence-corrected chi connectivity index (χ1v) is 19.3. The van der Waals surface area contributed by atoms with Gasteiger partial charge in [-0.3, -0.25) is 14.4 Å². The molecule has 0 fully saturated rings. The van der Waals surface area contributed by atoms with Crippen LogP contribution >= 0.6 is 11.6 Å². The molecule has 9 nitrogen and oxygen atoms in total. The second-order valence-electron chi connectivity index (χ2n) is 14.3. The second-order valence-corrected chi connectivity index (χ2v) is 14.6. The lowest BCUT2D eigenvalue weighted by atomic mass is 9.90. The topological polar surface area (TPSA) is 117 Å². The third-order valence-electron chi connectivity index (χ3n) is 10.4. The Labute approximate surface area is 309 Å². The molecule has 2 aliphatic rings. The molecule has 2 unspecified atom stereocenters. The molecule has 7 rings (SSSR count). The predicted octanol–water partition coefficient (Wildman–Crippen LogP) is 10.5. The number of alkyl halides is 1. The van der Waals surface area contributed by atoms with Gasteiger partial charge in [-0.2, -0.15) is 0 Å². The van der Waals surface area contributed by atoms with E-state index in [4.69, 9.17) is 20.8 Å². The number of hydrogen-bond donors (Lipinski definition) is 3. The summed E-state index contributed by atoms with van der Waals surface area (Å²) in [6.07, 6.45) is 10.9. The normalized spacial score (nSPS) is 16.2. The van der Waals surface area contributed by atoms with E-state index in [2.05, 4.69) is 29.5 Å². The van der Waals surface area contributed by atoms with Crippen LogP contribution in [0.5, 0.6) is 5.75 Å². The summed E-state index contributed by atoms with van der Waals surface area (Å²) in [6.45, 7) is 5.51. The monoisotopic (exact) mass is 722 g/mol. The fourth-order valence-electron chi connectivity index (χ4n) is 7.70. The Bertz CT molecular complexity index is 2070. The number of carbonyl (C=O) groups is 3. The molecule has 0 saturated heterocycles. The number of para-hydroxylation sites is 1. The molecular formula is C42H47ClN4O5. The molecule has 2 aliphatic heterocycles. The number of unbranched alkanes of at least 4 members (excludes halogenated alkanes) is 8. The molecule has 0 aliphatic carbocycles. The molecular weight excluding hydrogens is 676 g/mol. The number of nitrogens with zero attached hydrogens (tertiary/aromatic N) is 1. The third-order valence-corrected chi connectivity index (χ3v) is 10.8. The van der Waals surface area contributed by atoms with Crippen molar-refractivity contribution in [2.45, 2.75) is 89.9 Å². The zero-order valence-corrected chi connectivity index (χ0v) is 30.7. The van der Waals surface area contributed by atoms with Crippen LogP contribution in [0.3, 0.4) is 0 Å². The lowest BCUT2D eigenvalue weighted by Gasteiger charge is -2.20. The second kappa shape index (κ2) is 15.9. The van der Waals surface area contributed by atoms with Gasteiger partial charge in [0.05, 0.1) is 11.4 Å². The number of ether oxygens (including phenoxy) is 1. The average Bonchev–Trinajstić information content (AvgIpc) is 3.94. The fourth-order valence-corrected chi connectivity index (χ4v) is 7.96. The first-order valence-electron chi connectivity index (χ1n) is 18.8. The van der Waals surface area contributed by atoms with E-state index in [0.29, 0.717) is 41.6 Å². The van der Waals surface area contributed by atoms with Gasteiger partial charge in [0, 0.05) is 65.3 Å². The molecule has 0 bridgehead atoms. The van der Waals surface area contributed by atoms with Crippen LogP contribution in [-0.2, 0) is 4.79 Å². The highest BCUT2D eigenvalue weighted by molar-refractivity contribution is 6.19. The Kier molecular flexibility index (Phi) is 10.9. The number of carbonyl (C=O) groups excluding carboxylic acids is 3. The van der Waals surface area contributed by atoms with Crippen molar-refractivity contribution in [2.75, 3.05) is 34.5 Å². The van der Waals surface area contributed by atoms with Crippen LogP contribution in [0, 0.1) is 0 Å². The van der Waals surface area contributed by atoms with Crippen molar-refractivity contribution in [3.8, 4) is 5.75 Å². The molecule has 3 N–H and O–H groups in total. The summed E-state index contributed by atoms with van der Waals surface area (Å²) in [6, 6.07) is 18.3. The van der Waals surface area contributed by atoms with Crippen LogP contribution in [0.2, 0.25) is 0 Å². The van der Waals surface area contributed by atoms with Crippen molar-refractivity contribution >= 4 is 68.3 Å². The number of amides is 2. The van der Waals surface area contributed by atoms with Crippen molar-refractivity contribution in [3.05, 3.63) is 83.2 Å². The number of rotatable bonds is 15. The van der Waals surface area contributed by atoms with Crippen molar-refractivity contribution in [1.29, 1.82) is 0 Å². The van der Waals surface area contributed by atoms with Crippen molar-refractivity contribution in [1.82, 2.24) is 4.98 Å². The van der Waals surface area contributed by atoms with Crippen LogP contribution in [0.25, 0.3) is 21.9 Å². The Hall–Kier alpha value is -4.76. The number of aromatic nitrogens is 1. The maximum Gasteiger partial charge on any atom is 0.311 e. The van der Waals surface area contributed by atoms with Crippen molar-refractivity contribution in [3.63, 3.8) is 0 Å². The molecule has 2 aromatic heterocycles. The number of esters is 1. The quantitative estimate of drug-likeness (QED) is 0.0429. The Balaban J connectivity index is 1.06. The number of furan rings is 1. The number of fused-ring (bicyclic) bond motifs is 5. The minimum absolute atomic E-state index is 0.0621. The Morgan fingerprint density at radius 1 is 0.923 bits per heavy atom. The molecule has 3 aromatic carbocycles. The number of aromatic amines is 1. The zero-order valence-electron chi connectivity index (χ0n) is 30.0. The van der Waals surface area contributed by atoms with Crippen LogP contribution in [-0.4, -0.2) is 41.7 Å². The molecule has 0 radical (unpaired) electrons. The van der Waals surface area contributed by atoms with Crippen LogP contribution < -0.4 is 20.3 Å². The lowest BCUT2D eigenvalue weighted by Crippen LogP contribution is -2.30. The van der Waals surface area contributed by atoms with Gasteiger partial charge in [-0.1, -0.05) is 83.4 Å². The van der Waals surface area contributed by atoms with Gasteiger partial charge in [-0.05, 0) is 53.9 Å². The van der Waals surface area contributed by atoms with Gasteiger partial charge in [0.15, 0.2) is 11.5 Å². The van der Waals surface area contributed by atoms with Gasteiger partial charge in [-0.15, -0.1) is 11.6 Å². The van der Waals surface area contributed by atoms with E-state index in [1.165, 1.54) is 38.5 Å². The maximum absolute atomic E-state index is 14.2. The van der Waals surface area contributed by atoms with Gasteiger partial charge in [-0.25, -0.2) is 0 Å². The third kappa shape index (κ3) is 7.42. The number of halogens is 1. The van der Waals surface area contributed by atoms with Crippen molar-refractivity contribution in [2.24, 2.45) is 0 Å². The number of benzene rings is 3. The molecule has 52 heavy (non-hydrogen) atoms. The van der Waals surface area contributed by atoms with Gasteiger partial charge in [0.1, 0.15) is 11.3 Å². The standard InChI is InChI=1S/C42H47ClN4O5/c1-3-4-5-6-7-8-9-10-11-16-37(48)52-35-22-33-39(38-26(2)24-44-40(35)38)29(23-43)25-47(33)42(50)32-20-28-19-30(17-18-31(28)46-32)45-41(49)36-21-27-14-12-13-15-34(27)51-36/h12-15,17-22,26,29,44,46H,3-11,16,23-25H2,1-2H3,(H,45,49). The molecule has 4 heterocycles. The predicted molar refractivity (Wildman–Crippen MR) is 208 cm³/mol.